The highest BCUT2D eigenvalue weighted by molar-refractivity contribution is 5.32. The first-order chi connectivity index (χ1) is 12.3. The van der Waals surface area contributed by atoms with Crippen LogP contribution in [0.2, 0.25) is 0 Å². The summed E-state index contributed by atoms with van der Waals surface area (Å²) in [6, 6.07) is 6.05. The van der Waals surface area contributed by atoms with E-state index in [-0.39, 0.29) is 5.41 Å². The van der Waals surface area contributed by atoms with Gasteiger partial charge in [-0.1, -0.05) is 6.92 Å². The van der Waals surface area contributed by atoms with E-state index in [4.69, 9.17) is 9.15 Å². The van der Waals surface area contributed by atoms with E-state index < -0.39 is 0 Å². The Morgan fingerprint density at radius 3 is 2.76 bits per heavy atom. The summed E-state index contributed by atoms with van der Waals surface area (Å²) in [7, 11) is 0. The first kappa shape index (κ1) is 16.5. The molecule has 2 aromatic heterocycles. The van der Waals surface area contributed by atoms with Crippen LogP contribution in [0.4, 0.5) is 5.95 Å². The minimum atomic E-state index is 0.149. The van der Waals surface area contributed by atoms with Crippen LogP contribution in [0.15, 0.2) is 35.0 Å². The first-order valence-corrected chi connectivity index (χ1v) is 9.16. The number of furan rings is 1. The number of ether oxygens (including phenoxy) is 1. The molecule has 4 rings (SSSR count). The van der Waals surface area contributed by atoms with E-state index in [1.165, 1.54) is 0 Å². The normalized spacial score (nSPS) is 24.8. The van der Waals surface area contributed by atoms with Gasteiger partial charge in [-0.2, -0.15) is 0 Å². The molecule has 2 aliphatic heterocycles. The Kier molecular flexibility index (Phi) is 4.72. The first-order valence-electron chi connectivity index (χ1n) is 9.16. The Hall–Kier alpha value is -1.92. The maximum Gasteiger partial charge on any atom is 0.225 e. The molecule has 0 amide bonds. The van der Waals surface area contributed by atoms with Gasteiger partial charge in [0.25, 0.3) is 0 Å². The van der Waals surface area contributed by atoms with Gasteiger partial charge in [-0.25, -0.2) is 9.97 Å². The maximum atomic E-state index is 5.97. The van der Waals surface area contributed by atoms with Crippen molar-refractivity contribution in [2.75, 3.05) is 44.3 Å². The van der Waals surface area contributed by atoms with Crippen LogP contribution < -0.4 is 4.90 Å². The fourth-order valence-corrected chi connectivity index (χ4v) is 3.94. The van der Waals surface area contributed by atoms with Gasteiger partial charge in [-0.05, 0) is 24.6 Å². The summed E-state index contributed by atoms with van der Waals surface area (Å²) in [6.07, 6.45) is 5.68. The largest absolute Gasteiger partial charge is 0.465 e. The molecule has 2 saturated heterocycles. The zero-order chi connectivity index (χ0) is 17.1. The van der Waals surface area contributed by atoms with Crippen LogP contribution in [0, 0.1) is 5.41 Å². The number of aromatic nitrogens is 2. The molecule has 134 valence electrons. The Morgan fingerprint density at radius 2 is 1.96 bits per heavy atom. The van der Waals surface area contributed by atoms with Crippen LogP contribution in [0.5, 0.6) is 0 Å². The molecular formula is C19H26N4O2. The van der Waals surface area contributed by atoms with Crippen molar-refractivity contribution in [3.05, 3.63) is 42.1 Å². The van der Waals surface area contributed by atoms with Crippen LogP contribution in [0.25, 0.3) is 0 Å². The summed E-state index contributed by atoms with van der Waals surface area (Å²) in [6.45, 7) is 8.48. The van der Waals surface area contributed by atoms with Gasteiger partial charge in [0, 0.05) is 50.4 Å². The summed E-state index contributed by atoms with van der Waals surface area (Å²) in [5, 5.41) is 0. The smallest absolute Gasteiger partial charge is 0.225 e. The van der Waals surface area contributed by atoms with Crippen molar-refractivity contribution in [2.45, 2.75) is 26.3 Å². The Balaban J connectivity index is 1.44. The van der Waals surface area contributed by atoms with Gasteiger partial charge in [-0.15, -0.1) is 0 Å². The average Bonchev–Trinajstić information content (AvgIpc) is 3.21. The summed E-state index contributed by atoms with van der Waals surface area (Å²) >= 11 is 0. The van der Waals surface area contributed by atoms with Crippen molar-refractivity contribution in [3.8, 4) is 0 Å². The minimum absolute atomic E-state index is 0.149. The van der Waals surface area contributed by atoms with Crippen molar-refractivity contribution in [3.63, 3.8) is 0 Å². The van der Waals surface area contributed by atoms with Gasteiger partial charge in [0.2, 0.25) is 5.95 Å². The lowest BCUT2D eigenvalue weighted by Crippen LogP contribution is -2.40. The van der Waals surface area contributed by atoms with Crippen LogP contribution in [-0.2, 0) is 17.7 Å². The maximum absolute atomic E-state index is 5.97. The molecule has 0 saturated carbocycles. The minimum Gasteiger partial charge on any atom is -0.465 e. The lowest BCUT2D eigenvalue weighted by Gasteiger charge is -2.31. The highest BCUT2D eigenvalue weighted by Gasteiger charge is 2.42. The predicted molar refractivity (Wildman–Crippen MR) is 95.5 cm³/mol. The van der Waals surface area contributed by atoms with E-state index in [2.05, 4.69) is 38.8 Å². The molecule has 2 fully saturated rings. The molecule has 2 aliphatic rings. The third-order valence-corrected chi connectivity index (χ3v) is 5.24. The van der Waals surface area contributed by atoms with Crippen LogP contribution in [0.1, 0.15) is 24.9 Å². The van der Waals surface area contributed by atoms with Crippen molar-refractivity contribution in [1.82, 2.24) is 14.9 Å². The van der Waals surface area contributed by atoms with Crippen molar-refractivity contribution < 1.29 is 9.15 Å². The molecule has 2 aromatic rings. The molecule has 1 unspecified atom stereocenters. The predicted octanol–water partition coefficient (Wildman–Crippen LogP) is 2.36. The molecule has 25 heavy (non-hydrogen) atoms. The molecule has 1 atom stereocenters. The number of aryl methyl sites for hydroxylation is 1. The van der Waals surface area contributed by atoms with Gasteiger partial charge >= 0.3 is 0 Å². The van der Waals surface area contributed by atoms with Crippen LogP contribution in [0.3, 0.4) is 0 Å². The third-order valence-electron chi connectivity index (χ3n) is 5.24. The van der Waals surface area contributed by atoms with Gasteiger partial charge in [0.05, 0.1) is 19.8 Å². The van der Waals surface area contributed by atoms with E-state index >= 15 is 0 Å². The monoisotopic (exact) mass is 342 g/mol. The van der Waals surface area contributed by atoms with Crippen molar-refractivity contribution in [1.29, 1.82) is 0 Å². The molecule has 1 spiro atoms. The number of anilines is 1. The van der Waals surface area contributed by atoms with Crippen molar-refractivity contribution >= 4 is 5.95 Å². The number of rotatable bonds is 4. The van der Waals surface area contributed by atoms with Gasteiger partial charge < -0.3 is 14.1 Å². The second-order valence-corrected chi connectivity index (χ2v) is 7.21. The second kappa shape index (κ2) is 7.14. The molecule has 0 radical (unpaired) electrons. The fraction of sp³-hybridized carbons (Fsp3) is 0.579. The highest BCUT2D eigenvalue weighted by Crippen LogP contribution is 2.35. The number of nitrogens with zero attached hydrogens (tertiary/aromatic N) is 4. The fourth-order valence-electron chi connectivity index (χ4n) is 3.94. The SMILES string of the molecule is CCc1ccc(CN2CCOCC3(CCN(c4ncccn4)C3)C2)o1. The van der Waals surface area contributed by atoms with Crippen LogP contribution in [-0.4, -0.2) is 54.3 Å². The van der Waals surface area contributed by atoms with Gasteiger partial charge in [0.15, 0.2) is 0 Å². The van der Waals surface area contributed by atoms with E-state index in [9.17, 15) is 0 Å². The molecule has 0 aliphatic carbocycles. The molecule has 0 aromatic carbocycles. The standard InChI is InChI=1S/C19H26N4O2/c1-2-16-4-5-17(25-16)12-22-10-11-24-15-19(13-22)6-9-23(14-19)18-20-7-3-8-21-18/h3-5,7-8H,2,6,9-15H2,1H3. The summed E-state index contributed by atoms with van der Waals surface area (Å²) < 4.78 is 11.9. The van der Waals surface area contributed by atoms with E-state index in [0.29, 0.717) is 0 Å². The van der Waals surface area contributed by atoms with E-state index in [0.717, 1.165) is 76.2 Å². The second-order valence-electron chi connectivity index (χ2n) is 7.21. The molecular weight excluding hydrogens is 316 g/mol. The Labute approximate surface area is 148 Å². The lowest BCUT2D eigenvalue weighted by atomic mass is 9.87. The number of hydrogen-bond donors (Lipinski definition) is 0. The Morgan fingerprint density at radius 1 is 1.12 bits per heavy atom. The third kappa shape index (κ3) is 3.70. The van der Waals surface area contributed by atoms with Crippen molar-refractivity contribution in [2.24, 2.45) is 5.41 Å². The van der Waals surface area contributed by atoms with Gasteiger partial charge in [-0.3, -0.25) is 4.90 Å². The lowest BCUT2D eigenvalue weighted by molar-refractivity contribution is 0.0796. The number of hydrogen-bond acceptors (Lipinski definition) is 6. The van der Waals surface area contributed by atoms with E-state index in [1.807, 2.05) is 18.5 Å². The van der Waals surface area contributed by atoms with Crippen LogP contribution >= 0.6 is 0 Å². The van der Waals surface area contributed by atoms with E-state index in [1.54, 1.807) is 0 Å². The molecule has 0 N–H and O–H groups in total. The Bertz CT molecular complexity index is 690. The average molecular weight is 342 g/mol. The molecule has 4 heterocycles. The summed E-state index contributed by atoms with van der Waals surface area (Å²) in [4.78, 5) is 13.6. The molecule has 0 bridgehead atoms. The topological polar surface area (TPSA) is 54.6 Å². The van der Waals surface area contributed by atoms with Gasteiger partial charge in [0.1, 0.15) is 11.5 Å². The summed E-state index contributed by atoms with van der Waals surface area (Å²) in [5.41, 5.74) is 0.149. The zero-order valence-electron chi connectivity index (χ0n) is 14.9. The summed E-state index contributed by atoms with van der Waals surface area (Å²) in [5.74, 6) is 2.94. The molecule has 6 heteroatoms. The highest BCUT2D eigenvalue weighted by atomic mass is 16.5. The zero-order valence-corrected chi connectivity index (χ0v) is 14.9. The molecule has 6 nitrogen and oxygen atoms in total. The quantitative estimate of drug-likeness (QED) is 0.850.